The molecule has 1 heterocycles. The van der Waals surface area contributed by atoms with E-state index < -0.39 is 0 Å². The Morgan fingerprint density at radius 1 is 1.54 bits per heavy atom. The number of rotatable bonds is 2. The molecule has 0 aliphatic carbocycles. The van der Waals surface area contributed by atoms with E-state index in [-0.39, 0.29) is 5.97 Å². The van der Waals surface area contributed by atoms with Crippen LogP contribution in [0.4, 0.5) is 0 Å². The summed E-state index contributed by atoms with van der Waals surface area (Å²) >= 11 is 0. The summed E-state index contributed by atoms with van der Waals surface area (Å²) in [4.78, 5) is 15.0. The minimum Gasteiger partial charge on any atom is -0.464 e. The van der Waals surface area contributed by atoms with Gasteiger partial charge < -0.3 is 4.74 Å². The topological polar surface area (TPSA) is 39.2 Å². The van der Waals surface area contributed by atoms with Crippen molar-refractivity contribution >= 4 is 5.97 Å². The summed E-state index contributed by atoms with van der Waals surface area (Å²) < 4.78 is 4.57. The highest BCUT2D eigenvalue weighted by molar-refractivity contribution is 5.87. The quantitative estimate of drug-likeness (QED) is 0.652. The summed E-state index contributed by atoms with van der Waals surface area (Å²) in [5.74, 6) is 0.00825. The third-order valence-electron chi connectivity index (χ3n) is 1.85. The lowest BCUT2D eigenvalue weighted by Crippen LogP contribution is -2.04. The maximum Gasteiger partial charge on any atom is 0.356 e. The van der Waals surface area contributed by atoms with Crippen LogP contribution < -0.4 is 0 Å². The molecule has 0 unspecified atom stereocenters. The number of pyridine rings is 1. The van der Waals surface area contributed by atoms with Gasteiger partial charge in [0.05, 0.1) is 7.11 Å². The van der Waals surface area contributed by atoms with E-state index in [0.717, 1.165) is 5.56 Å². The van der Waals surface area contributed by atoms with Crippen LogP contribution in [0.1, 0.15) is 35.8 Å². The Bertz CT molecular complexity index is 308. The Labute approximate surface area is 77.8 Å². The second-order valence-corrected chi connectivity index (χ2v) is 3.12. The van der Waals surface area contributed by atoms with E-state index in [1.54, 1.807) is 12.3 Å². The summed E-state index contributed by atoms with van der Waals surface area (Å²) in [5, 5.41) is 0. The van der Waals surface area contributed by atoms with Crippen molar-refractivity contribution in [2.45, 2.75) is 19.8 Å². The first-order valence-corrected chi connectivity index (χ1v) is 4.19. The van der Waals surface area contributed by atoms with Gasteiger partial charge in [0.2, 0.25) is 0 Å². The predicted molar refractivity (Wildman–Crippen MR) is 49.7 cm³/mol. The minimum absolute atomic E-state index is 0.369. The number of hydrogen-bond acceptors (Lipinski definition) is 3. The molecule has 3 heteroatoms. The van der Waals surface area contributed by atoms with Gasteiger partial charge in [-0.25, -0.2) is 9.78 Å². The van der Waals surface area contributed by atoms with Crippen LogP contribution in [0.2, 0.25) is 0 Å². The Hall–Kier alpha value is -1.38. The molecule has 13 heavy (non-hydrogen) atoms. The van der Waals surface area contributed by atoms with Crippen molar-refractivity contribution in [1.82, 2.24) is 4.98 Å². The van der Waals surface area contributed by atoms with Gasteiger partial charge in [-0.15, -0.1) is 0 Å². The summed E-state index contributed by atoms with van der Waals surface area (Å²) in [7, 11) is 1.35. The molecular weight excluding hydrogens is 166 g/mol. The largest absolute Gasteiger partial charge is 0.464 e. The summed E-state index contributed by atoms with van der Waals surface area (Å²) in [5.41, 5.74) is 1.46. The van der Waals surface area contributed by atoms with E-state index in [4.69, 9.17) is 0 Å². The maximum atomic E-state index is 11.1. The van der Waals surface area contributed by atoms with Crippen LogP contribution in [-0.4, -0.2) is 18.1 Å². The number of carbonyl (C=O) groups is 1. The lowest BCUT2D eigenvalue weighted by molar-refractivity contribution is 0.0594. The Morgan fingerprint density at radius 2 is 2.23 bits per heavy atom. The molecule has 3 nitrogen and oxygen atoms in total. The van der Waals surface area contributed by atoms with E-state index in [2.05, 4.69) is 23.6 Å². The Balaban J connectivity index is 2.98. The Kier molecular flexibility index (Phi) is 3.01. The van der Waals surface area contributed by atoms with Crippen molar-refractivity contribution in [2.75, 3.05) is 7.11 Å². The van der Waals surface area contributed by atoms with E-state index >= 15 is 0 Å². The van der Waals surface area contributed by atoms with Crippen molar-refractivity contribution in [3.05, 3.63) is 29.6 Å². The van der Waals surface area contributed by atoms with Gasteiger partial charge in [-0.2, -0.15) is 0 Å². The lowest BCUT2D eigenvalue weighted by atomic mass is 10.0. The van der Waals surface area contributed by atoms with Crippen LogP contribution in [0, 0.1) is 0 Å². The molecule has 0 bridgehead atoms. The SMILES string of the molecule is COC(=O)c1cc(C(C)C)ccn1. The smallest absolute Gasteiger partial charge is 0.356 e. The van der Waals surface area contributed by atoms with Crippen LogP contribution in [0.25, 0.3) is 0 Å². The fraction of sp³-hybridized carbons (Fsp3) is 0.400. The van der Waals surface area contributed by atoms with Crippen LogP contribution >= 0.6 is 0 Å². The van der Waals surface area contributed by atoms with Gasteiger partial charge in [0.15, 0.2) is 0 Å². The zero-order valence-electron chi connectivity index (χ0n) is 8.07. The molecule has 0 radical (unpaired) electrons. The highest BCUT2D eigenvalue weighted by Gasteiger charge is 2.08. The first-order valence-electron chi connectivity index (χ1n) is 4.19. The standard InChI is InChI=1S/C10H13NO2/c1-7(2)8-4-5-11-9(6-8)10(12)13-3/h4-7H,1-3H3. The van der Waals surface area contributed by atoms with Gasteiger partial charge in [0.1, 0.15) is 5.69 Å². The maximum absolute atomic E-state index is 11.1. The van der Waals surface area contributed by atoms with Crippen molar-refractivity contribution in [3.8, 4) is 0 Å². The third-order valence-corrected chi connectivity index (χ3v) is 1.85. The molecule has 0 aliphatic rings. The van der Waals surface area contributed by atoms with Gasteiger partial charge in [-0.3, -0.25) is 0 Å². The predicted octanol–water partition coefficient (Wildman–Crippen LogP) is 1.99. The highest BCUT2D eigenvalue weighted by atomic mass is 16.5. The van der Waals surface area contributed by atoms with E-state index in [0.29, 0.717) is 11.6 Å². The molecule has 0 atom stereocenters. The fourth-order valence-electron chi connectivity index (χ4n) is 1.02. The summed E-state index contributed by atoms with van der Waals surface area (Å²) in [6.07, 6.45) is 1.63. The molecule has 0 saturated heterocycles. The van der Waals surface area contributed by atoms with Crippen molar-refractivity contribution < 1.29 is 9.53 Å². The molecule has 0 aromatic carbocycles. The molecule has 1 rings (SSSR count). The van der Waals surface area contributed by atoms with Gasteiger partial charge in [-0.1, -0.05) is 13.8 Å². The number of hydrogen-bond donors (Lipinski definition) is 0. The third kappa shape index (κ3) is 2.28. The average Bonchev–Trinajstić information content (AvgIpc) is 2.17. The Morgan fingerprint density at radius 3 is 2.77 bits per heavy atom. The molecule has 70 valence electrons. The van der Waals surface area contributed by atoms with Gasteiger partial charge in [0, 0.05) is 6.20 Å². The molecule has 0 spiro atoms. The number of aromatic nitrogens is 1. The van der Waals surface area contributed by atoms with Crippen molar-refractivity contribution in [1.29, 1.82) is 0 Å². The lowest BCUT2D eigenvalue weighted by Gasteiger charge is -2.05. The fourth-order valence-corrected chi connectivity index (χ4v) is 1.02. The molecular formula is C10H13NO2. The first-order chi connectivity index (χ1) is 6.15. The minimum atomic E-state index is -0.387. The number of ether oxygens (including phenoxy) is 1. The van der Waals surface area contributed by atoms with Crippen LogP contribution in [0.15, 0.2) is 18.3 Å². The summed E-state index contributed by atoms with van der Waals surface area (Å²) in [6.45, 7) is 4.13. The second kappa shape index (κ2) is 4.03. The second-order valence-electron chi connectivity index (χ2n) is 3.12. The highest BCUT2D eigenvalue weighted by Crippen LogP contribution is 2.14. The zero-order valence-corrected chi connectivity index (χ0v) is 8.07. The molecule has 1 aromatic rings. The van der Waals surface area contributed by atoms with Gasteiger partial charge in [-0.05, 0) is 23.6 Å². The first kappa shape index (κ1) is 9.71. The van der Waals surface area contributed by atoms with Crippen LogP contribution in [-0.2, 0) is 4.74 Å². The van der Waals surface area contributed by atoms with Crippen LogP contribution in [0.5, 0.6) is 0 Å². The monoisotopic (exact) mass is 179 g/mol. The summed E-state index contributed by atoms with van der Waals surface area (Å²) in [6, 6.07) is 3.66. The van der Waals surface area contributed by atoms with E-state index in [9.17, 15) is 4.79 Å². The zero-order chi connectivity index (χ0) is 9.84. The number of esters is 1. The number of nitrogens with zero attached hydrogens (tertiary/aromatic N) is 1. The molecule has 0 aliphatic heterocycles. The molecule has 0 saturated carbocycles. The molecule has 0 N–H and O–H groups in total. The number of methoxy groups -OCH3 is 1. The number of carbonyl (C=O) groups excluding carboxylic acids is 1. The molecule has 0 fully saturated rings. The van der Waals surface area contributed by atoms with Crippen molar-refractivity contribution in [2.24, 2.45) is 0 Å². The van der Waals surface area contributed by atoms with Gasteiger partial charge >= 0.3 is 5.97 Å². The van der Waals surface area contributed by atoms with Gasteiger partial charge in [0.25, 0.3) is 0 Å². The van der Waals surface area contributed by atoms with Crippen molar-refractivity contribution in [3.63, 3.8) is 0 Å². The van der Waals surface area contributed by atoms with Crippen LogP contribution in [0.3, 0.4) is 0 Å². The van der Waals surface area contributed by atoms with E-state index in [1.165, 1.54) is 7.11 Å². The average molecular weight is 179 g/mol. The molecule has 0 amide bonds. The molecule has 1 aromatic heterocycles. The van der Waals surface area contributed by atoms with E-state index in [1.807, 2.05) is 6.07 Å². The normalized spacial score (nSPS) is 10.2.